The van der Waals surface area contributed by atoms with Crippen LogP contribution in [-0.2, 0) is 0 Å². The van der Waals surface area contributed by atoms with E-state index >= 15 is 0 Å². The maximum Gasteiger partial charge on any atom is 0.181 e. The smallest absolute Gasteiger partial charge is 0.181 e. The van der Waals surface area contributed by atoms with Gasteiger partial charge in [0.15, 0.2) is 5.78 Å². The highest BCUT2D eigenvalue weighted by Crippen LogP contribution is 2.38. The van der Waals surface area contributed by atoms with Crippen molar-refractivity contribution in [3.8, 4) is 6.07 Å². The van der Waals surface area contributed by atoms with Crippen LogP contribution in [0.2, 0.25) is 0 Å². The van der Waals surface area contributed by atoms with Crippen LogP contribution in [0.5, 0.6) is 0 Å². The molecule has 1 saturated carbocycles. The Balaban J connectivity index is 1.75. The number of halogens is 1. The molecule has 1 aliphatic carbocycles. The Morgan fingerprint density at radius 3 is 2.88 bits per heavy atom. The van der Waals surface area contributed by atoms with E-state index in [1.807, 2.05) is 6.07 Å². The minimum absolute atomic E-state index is 0.0349. The van der Waals surface area contributed by atoms with E-state index in [9.17, 15) is 14.3 Å². The second kappa shape index (κ2) is 7.54. The Bertz CT molecular complexity index is 801. The molecule has 2 aromatic rings. The third kappa shape index (κ3) is 4.09. The molecule has 0 amide bonds. The zero-order chi connectivity index (χ0) is 17.8. The highest BCUT2D eigenvalue weighted by molar-refractivity contribution is 5.94. The van der Waals surface area contributed by atoms with Crippen LogP contribution in [0, 0.1) is 23.1 Å². The van der Waals surface area contributed by atoms with E-state index in [4.69, 9.17) is 5.26 Å². The van der Waals surface area contributed by atoms with Crippen LogP contribution < -0.4 is 0 Å². The molecule has 3 unspecified atom stereocenters. The lowest BCUT2D eigenvalue weighted by Gasteiger charge is -2.33. The average Bonchev–Trinajstić information content (AvgIpc) is 2.63. The van der Waals surface area contributed by atoms with Gasteiger partial charge in [-0.15, -0.1) is 0 Å². The molecule has 1 aromatic carbocycles. The van der Waals surface area contributed by atoms with Crippen molar-refractivity contribution in [2.24, 2.45) is 5.92 Å². The Morgan fingerprint density at radius 1 is 1.32 bits per heavy atom. The normalized spacial score (nSPS) is 23.0. The first-order valence-electron chi connectivity index (χ1n) is 8.39. The van der Waals surface area contributed by atoms with Gasteiger partial charge >= 0.3 is 0 Å². The predicted octanol–water partition coefficient (Wildman–Crippen LogP) is 3.61. The molecule has 1 fully saturated rings. The minimum Gasteiger partial charge on any atom is -0.393 e. The van der Waals surface area contributed by atoms with E-state index in [2.05, 4.69) is 4.98 Å². The molecule has 3 atom stereocenters. The number of aromatic nitrogens is 1. The summed E-state index contributed by atoms with van der Waals surface area (Å²) in [4.78, 5) is 16.4. The number of ketones is 1. The first-order valence-corrected chi connectivity index (χ1v) is 8.39. The number of carbonyl (C=O) groups is 1. The van der Waals surface area contributed by atoms with Crippen molar-refractivity contribution in [2.75, 3.05) is 0 Å². The molecule has 0 radical (unpaired) electrons. The number of hydrogen-bond donors (Lipinski definition) is 1. The van der Waals surface area contributed by atoms with Crippen LogP contribution in [0.15, 0.2) is 42.6 Å². The van der Waals surface area contributed by atoms with Gasteiger partial charge in [0.2, 0.25) is 0 Å². The highest BCUT2D eigenvalue weighted by atomic mass is 19.1. The Labute approximate surface area is 146 Å². The van der Waals surface area contributed by atoms with E-state index < -0.39 is 11.9 Å². The summed E-state index contributed by atoms with van der Waals surface area (Å²) in [6.45, 7) is 0. The Hall–Kier alpha value is -2.58. The standard InChI is InChI=1S/C20H19FN2O2/c21-17-8-13(12-22)7-15(10-17)14-4-5-19(24)16(9-14)11-20(25)18-3-1-2-6-23-18/h1-3,6-8,10,14,16,19,24H,4-5,9,11H2. The SMILES string of the molecule is N#Cc1cc(F)cc(C2CCC(O)C(CC(=O)c3ccccn3)C2)c1. The second-order valence-electron chi connectivity index (χ2n) is 6.56. The van der Waals surface area contributed by atoms with Crippen molar-refractivity contribution in [2.45, 2.75) is 37.7 Å². The van der Waals surface area contributed by atoms with Gasteiger partial charge in [0.25, 0.3) is 0 Å². The van der Waals surface area contributed by atoms with Crippen molar-refractivity contribution in [1.29, 1.82) is 5.26 Å². The van der Waals surface area contributed by atoms with Crippen LogP contribution in [-0.4, -0.2) is 22.0 Å². The molecular formula is C20H19FN2O2. The fourth-order valence-corrected chi connectivity index (χ4v) is 3.55. The lowest BCUT2D eigenvalue weighted by molar-refractivity contribution is 0.0521. The summed E-state index contributed by atoms with van der Waals surface area (Å²) < 4.78 is 13.7. The number of benzene rings is 1. The van der Waals surface area contributed by atoms with E-state index in [-0.39, 0.29) is 24.0 Å². The number of carbonyl (C=O) groups excluding carboxylic acids is 1. The molecule has 4 nitrogen and oxygen atoms in total. The summed E-state index contributed by atoms with van der Waals surface area (Å²) in [6, 6.07) is 11.5. The van der Waals surface area contributed by atoms with Gasteiger partial charge in [0, 0.05) is 12.6 Å². The molecule has 128 valence electrons. The molecule has 0 spiro atoms. The van der Waals surface area contributed by atoms with Crippen molar-refractivity contribution in [1.82, 2.24) is 4.98 Å². The minimum atomic E-state index is -0.548. The summed E-state index contributed by atoms with van der Waals surface area (Å²) in [7, 11) is 0. The fraction of sp³-hybridized carbons (Fsp3) is 0.350. The molecule has 1 N–H and O–H groups in total. The van der Waals surface area contributed by atoms with E-state index in [1.54, 1.807) is 30.5 Å². The number of Topliss-reactive ketones (excluding diaryl/α,β-unsaturated/α-hetero) is 1. The van der Waals surface area contributed by atoms with Crippen LogP contribution in [0.25, 0.3) is 0 Å². The van der Waals surface area contributed by atoms with Crippen molar-refractivity contribution in [3.63, 3.8) is 0 Å². The molecule has 0 saturated heterocycles. The molecule has 3 rings (SSSR count). The van der Waals surface area contributed by atoms with Gasteiger partial charge in [0.1, 0.15) is 11.5 Å². The molecule has 1 aromatic heterocycles. The maximum absolute atomic E-state index is 13.7. The zero-order valence-corrected chi connectivity index (χ0v) is 13.7. The lowest BCUT2D eigenvalue weighted by Crippen LogP contribution is -2.30. The van der Waals surface area contributed by atoms with Gasteiger partial charge in [-0.25, -0.2) is 4.39 Å². The first kappa shape index (κ1) is 17.2. The second-order valence-corrected chi connectivity index (χ2v) is 6.56. The third-order valence-corrected chi connectivity index (χ3v) is 4.86. The lowest BCUT2D eigenvalue weighted by atomic mass is 9.74. The third-order valence-electron chi connectivity index (χ3n) is 4.86. The summed E-state index contributed by atoms with van der Waals surface area (Å²) in [5.41, 5.74) is 1.45. The number of nitrogens with zero attached hydrogens (tertiary/aromatic N) is 2. The Morgan fingerprint density at radius 2 is 2.16 bits per heavy atom. The molecule has 0 bridgehead atoms. The number of hydrogen-bond acceptors (Lipinski definition) is 4. The highest BCUT2D eigenvalue weighted by Gasteiger charge is 2.32. The molecule has 25 heavy (non-hydrogen) atoms. The number of nitriles is 1. The predicted molar refractivity (Wildman–Crippen MR) is 90.4 cm³/mol. The van der Waals surface area contributed by atoms with Crippen LogP contribution in [0.4, 0.5) is 4.39 Å². The van der Waals surface area contributed by atoms with Gasteiger partial charge in [-0.3, -0.25) is 9.78 Å². The van der Waals surface area contributed by atoms with Gasteiger partial charge in [-0.2, -0.15) is 5.26 Å². The average molecular weight is 338 g/mol. The summed E-state index contributed by atoms with van der Waals surface area (Å²) in [5, 5.41) is 19.3. The quantitative estimate of drug-likeness (QED) is 0.864. The summed E-state index contributed by atoms with van der Waals surface area (Å²) in [5.74, 6) is -0.682. The Kier molecular flexibility index (Phi) is 5.20. The van der Waals surface area contributed by atoms with Crippen LogP contribution in [0.3, 0.4) is 0 Å². The van der Waals surface area contributed by atoms with E-state index in [0.29, 0.717) is 30.5 Å². The molecular weight excluding hydrogens is 319 g/mol. The van der Waals surface area contributed by atoms with Crippen LogP contribution >= 0.6 is 0 Å². The molecule has 1 aliphatic rings. The monoisotopic (exact) mass is 338 g/mol. The molecule has 1 heterocycles. The van der Waals surface area contributed by atoms with Crippen molar-refractivity contribution < 1.29 is 14.3 Å². The fourth-order valence-electron chi connectivity index (χ4n) is 3.55. The van der Waals surface area contributed by atoms with Crippen molar-refractivity contribution in [3.05, 3.63) is 65.2 Å². The van der Waals surface area contributed by atoms with Gasteiger partial charge in [-0.05, 0) is 67.0 Å². The van der Waals surface area contributed by atoms with E-state index in [0.717, 1.165) is 5.56 Å². The topological polar surface area (TPSA) is 74.0 Å². The van der Waals surface area contributed by atoms with Gasteiger partial charge < -0.3 is 5.11 Å². The summed E-state index contributed by atoms with van der Waals surface area (Å²) in [6.07, 6.45) is 3.10. The van der Waals surface area contributed by atoms with Crippen LogP contribution in [0.1, 0.15) is 53.2 Å². The van der Waals surface area contributed by atoms with E-state index in [1.165, 1.54) is 12.1 Å². The maximum atomic E-state index is 13.7. The summed E-state index contributed by atoms with van der Waals surface area (Å²) >= 11 is 0. The number of rotatable bonds is 4. The van der Waals surface area contributed by atoms with Gasteiger partial charge in [-0.1, -0.05) is 6.07 Å². The first-order chi connectivity index (χ1) is 12.1. The number of aliphatic hydroxyl groups excluding tert-OH is 1. The number of pyridine rings is 1. The molecule has 0 aliphatic heterocycles. The van der Waals surface area contributed by atoms with Crippen molar-refractivity contribution >= 4 is 5.78 Å². The van der Waals surface area contributed by atoms with Gasteiger partial charge in [0.05, 0.1) is 17.7 Å². The molecule has 5 heteroatoms. The number of aliphatic hydroxyl groups is 1. The largest absolute Gasteiger partial charge is 0.393 e. The zero-order valence-electron chi connectivity index (χ0n) is 13.7.